The topological polar surface area (TPSA) is 83.5 Å². The van der Waals surface area contributed by atoms with Crippen LogP contribution in [-0.2, 0) is 10.0 Å². The molecule has 1 rings (SSSR count). The molecule has 0 saturated carbocycles. The second-order valence-electron chi connectivity index (χ2n) is 4.85. The third-order valence-electron chi connectivity index (χ3n) is 3.01. The molecule has 1 aromatic carbocycles. The summed E-state index contributed by atoms with van der Waals surface area (Å²) in [4.78, 5) is 10.8. The van der Waals surface area contributed by atoms with E-state index in [1.54, 1.807) is 0 Å². The number of hydrogen-bond donors (Lipinski definition) is 2. The van der Waals surface area contributed by atoms with Crippen molar-refractivity contribution in [3.63, 3.8) is 0 Å². The van der Waals surface area contributed by atoms with Crippen molar-refractivity contribution in [2.75, 3.05) is 0 Å². The summed E-state index contributed by atoms with van der Waals surface area (Å²) in [5.74, 6) is -1.07. The molecule has 1 atom stereocenters. The first kappa shape index (κ1) is 16.7. The van der Waals surface area contributed by atoms with Crippen molar-refractivity contribution in [1.29, 1.82) is 0 Å². The minimum atomic E-state index is -3.58. The van der Waals surface area contributed by atoms with E-state index in [1.807, 2.05) is 6.92 Å². The van der Waals surface area contributed by atoms with Crippen LogP contribution < -0.4 is 4.72 Å². The Hall–Kier alpha value is -1.40. The molecule has 0 heterocycles. The van der Waals surface area contributed by atoms with Crippen molar-refractivity contribution in [3.05, 3.63) is 29.8 Å². The number of carboxylic acid groups (broad SMARTS) is 1. The average molecular weight is 299 g/mol. The van der Waals surface area contributed by atoms with Gasteiger partial charge in [-0.1, -0.05) is 26.2 Å². The summed E-state index contributed by atoms with van der Waals surface area (Å²) < 4.78 is 26.8. The lowest BCUT2D eigenvalue weighted by Gasteiger charge is -2.14. The third-order valence-corrected chi connectivity index (χ3v) is 4.61. The Labute approximate surface area is 120 Å². The van der Waals surface area contributed by atoms with E-state index in [-0.39, 0.29) is 16.5 Å². The number of carboxylic acids is 1. The van der Waals surface area contributed by atoms with Gasteiger partial charge in [0.25, 0.3) is 0 Å². The number of aromatic carboxylic acids is 1. The summed E-state index contributed by atoms with van der Waals surface area (Å²) >= 11 is 0. The molecule has 1 unspecified atom stereocenters. The van der Waals surface area contributed by atoms with Gasteiger partial charge in [-0.25, -0.2) is 17.9 Å². The highest BCUT2D eigenvalue weighted by Gasteiger charge is 2.17. The van der Waals surface area contributed by atoms with E-state index in [0.717, 1.165) is 25.7 Å². The molecule has 1 aromatic rings. The molecule has 6 heteroatoms. The molecule has 0 aliphatic carbocycles. The van der Waals surface area contributed by atoms with Gasteiger partial charge in [-0.15, -0.1) is 0 Å². The van der Waals surface area contributed by atoms with Crippen molar-refractivity contribution in [2.24, 2.45) is 0 Å². The van der Waals surface area contributed by atoms with Gasteiger partial charge in [0.05, 0.1) is 10.5 Å². The number of unbranched alkanes of at least 4 members (excludes halogenated alkanes) is 2. The van der Waals surface area contributed by atoms with Crippen molar-refractivity contribution in [3.8, 4) is 0 Å². The van der Waals surface area contributed by atoms with E-state index in [9.17, 15) is 13.2 Å². The molecule has 0 radical (unpaired) electrons. The van der Waals surface area contributed by atoms with Crippen LogP contribution in [0.1, 0.15) is 49.9 Å². The van der Waals surface area contributed by atoms with Gasteiger partial charge in [0, 0.05) is 6.04 Å². The molecular formula is C14H21NO4S. The van der Waals surface area contributed by atoms with Crippen molar-refractivity contribution in [1.82, 2.24) is 4.72 Å². The molecular weight excluding hydrogens is 278 g/mol. The number of hydrogen-bond acceptors (Lipinski definition) is 3. The zero-order valence-electron chi connectivity index (χ0n) is 11.8. The molecule has 5 nitrogen and oxygen atoms in total. The molecule has 0 aliphatic rings. The van der Waals surface area contributed by atoms with Crippen LogP contribution >= 0.6 is 0 Å². The molecule has 0 bridgehead atoms. The zero-order valence-corrected chi connectivity index (χ0v) is 12.6. The first-order valence-electron chi connectivity index (χ1n) is 6.72. The molecule has 112 valence electrons. The van der Waals surface area contributed by atoms with Crippen LogP contribution in [0.25, 0.3) is 0 Å². The fourth-order valence-electron chi connectivity index (χ4n) is 1.87. The van der Waals surface area contributed by atoms with Crippen LogP contribution in [0.5, 0.6) is 0 Å². The highest BCUT2D eigenvalue weighted by atomic mass is 32.2. The summed E-state index contributed by atoms with van der Waals surface area (Å²) in [5, 5.41) is 8.78. The maximum Gasteiger partial charge on any atom is 0.335 e. The van der Waals surface area contributed by atoms with E-state index >= 15 is 0 Å². The van der Waals surface area contributed by atoms with E-state index in [0.29, 0.717) is 0 Å². The first-order valence-corrected chi connectivity index (χ1v) is 8.21. The first-order chi connectivity index (χ1) is 9.36. The van der Waals surface area contributed by atoms with Crippen LogP contribution in [0, 0.1) is 0 Å². The molecule has 0 aliphatic heterocycles. The lowest BCUT2D eigenvalue weighted by atomic mass is 10.1. The summed E-state index contributed by atoms with van der Waals surface area (Å²) in [7, 11) is -3.58. The fraction of sp³-hybridized carbons (Fsp3) is 0.500. The largest absolute Gasteiger partial charge is 0.478 e. The van der Waals surface area contributed by atoms with E-state index in [2.05, 4.69) is 11.6 Å². The maximum absolute atomic E-state index is 12.1. The van der Waals surface area contributed by atoms with Gasteiger partial charge < -0.3 is 5.11 Å². The summed E-state index contributed by atoms with van der Waals surface area (Å²) in [5.41, 5.74) is 0.0694. The predicted octanol–water partition coefficient (Wildman–Crippen LogP) is 2.63. The minimum absolute atomic E-state index is 0.0694. The van der Waals surface area contributed by atoms with E-state index in [1.165, 1.54) is 24.3 Å². The smallest absolute Gasteiger partial charge is 0.335 e. The SMILES string of the molecule is CCCCCC(C)NS(=O)(=O)c1ccc(C(=O)O)cc1. The van der Waals surface area contributed by atoms with Gasteiger partial charge in [-0.2, -0.15) is 0 Å². The van der Waals surface area contributed by atoms with Crippen LogP contribution in [-0.4, -0.2) is 25.5 Å². The third kappa shape index (κ3) is 4.94. The van der Waals surface area contributed by atoms with Gasteiger partial charge in [-0.05, 0) is 37.6 Å². The normalized spacial score (nSPS) is 13.1. The molecule has 0 aromatic heterocycles. The molecule has 0 amide bonds. The molecule has 2 N–H and O–H groups in total. The van der Waals surface area contributed by atoms with E-state index < -0.39 is 16.0 Å². The van der Waals surface area contributed by atoms with Crippen LogP contribution in [0.4, 0.5) is 0 Å². The second kappa shape index (κ2) is 7.40. The van der Waals surface area contributed by atoms with Crippen LogP contribution in [0.15, 0.2) is 29.2 Å². The number of nitrogens with one attached hydrogen (secondary N) is 1. The summed E-state index contributed by atoms with van der Waals surface area (Å²) in [6.07, 6.45) is 3.95. The lowest BCUT2D eigenvalue weighted by Crippen LogP contribution is -2.32. The van der Waals surface area contributed by atoms with Gasteiger partial charge in [0.1, 0.15) is 0 Å². The number of rotatable bonds is 8. The lowest BCUT2D eigenvalue weighted by molar-refractivity contribution is 0.0696. The van der Waals surface area contributed by atoms with Gasteiger partial charge >= 0.3 is 5.97 Å². The highest BCUT2D eigenvalue weighted by Crippen LogP contribution is 2.12. The monoisotopic (exact) mass is 299 g/mol. The molecule has 0 saturated heterocycles. The van der Waals surface area contributed by atoms with Crippen molar-refractivity contribution < 1.29 is 18.3 Å². The second-order valence-corrected chi connectivity index (χ2v) is 6.56. The maximum atomic E-state index is 12.1. The Morgan fingerprint density at radius 3 is 2.35 bits per heavy atom. The highest BCUT2D eigenvalue weighted by molar-refractivity contribution is 7.89. The average Bonchev–Trinajstić information content (AvgIpc) is 2.38. The Morgan fingerprint density at radius 1 is 1.25 bits per heavy atom. The van der Waals surface area contributed by atoms with Crippen LogP contribution in [0.2, 0.25) is 0 Å². The zero-order chi connectivity index (χ0) is 15.2. The molecule has 20 heavy (non-hydrogen) atoms. The molecule has 0 fully saturated rings. The predicted molar refractivity (Wildman–Crippen MR) is 77.3 cm³/mol. The number of carbonyl (C=O) groups is 1. The number of sulfonamides is 1. The van der Waals surface area contributed by atoms with Gasteiger partial charge in [0.15, 0.2) is 0 Å². The van der Waals surface area contributed by atoms with Gasteiger partial charge in [-0.3, -0.25) is 0 Å². The quantitative estimate of drug-likeness (QED) is 0.723. The fourth-order valence-corrected chi connectivity index (χ4v) is 3.15. The van der Waals surface area contributed by atoms with Gasteiger partial charge in [0.2, 0.25) is 10.0 Å². The van der Waals surface area contributed by atoms with Crippen molar-refractivity contribution in [2.45, 2.75) is 50.5 Å². The summed E-state index contributed by atoms with van der Waals surface area (Å²) in [6, 6.07) is 5.07. The minimum Gasteiger partial charge on any atom is -0.478 e. The standard InChI is InChI=1S/C14H21NO4S/c1-3-4-5-6-11(2)15-20(18,19)13-9-7-12(8-10-13)14(16)17/h7-11,15H,3-6H2,1-2H3,(H,16,17). The van der Waals surface area contributed by atoms with E-state index in [4.69, 9.17) is 5.11 Å². The Kier molecular flexibility index (Phi) is 6.16. The van der Waals surface area contributed by atoms with Crippen LogP contribution in [0.3, 0.4) is 0 Å². The summed E-state index contributed by atoms with van der Waals surface area (Å²) in [6.45, 7) is 3.93. The molecule has 0 spiro atoms. The Morgan fingerprint density at radius 2 is 1.85 bits per heavy atom. The Bertz CT molecular complexity index is 537. The van der Waals surface area contributed by atoms with Crippen molar-refractivity contribution >= 4 is 16.0 Å². The number of benzene rings is 1. The Balaban J connectivity index is 2.70.